The van der Waals surface area contributed by atoms with Crippen LogP contribution in [0.1, 0.15) is 10.4 Å². The van der Waals surface area contributed by atoms with Crippen molar-refractivity contribution in [2.45, 2.75) is 0 Å². The van der Waals surface area contributed by atoms with E-state index in [4.69, 9.17) is 5.11 Å². The van der Waals surface area contributed by atoms with Gasteiger partial charge in [-0.25, -0.2) is 9.78 Å². The smallest absolute Gasteiger partial charge is 0.336 e. The second kappa shape index (κ2) is 2.85. The van der Waals surface area contributed by atoms with Gasteiger partial charge in [0.2, 0.25) is 0 Å². The highest BCUT2D eigenvalue weighted by Gasteiger charge is 2.10. The van der Waals surface area contributed by atoms with Crippen molar-refractivity contribution in [3.05, 3.63) is 28.5 Å². The first-order valence-corrected chi connectivity index (χ1v) is 4.33. The lowest BCUT2D eigenvalue weighted by Gasteiger charge is -1.97. The zero-order valence-corrected chi connectivity index (χ0v) is 8.00. The van der Waals surface area contributed by atoms with Crippen molar-refractivity contribution < 1.29 is 9.90 Å². The molecule has 0 aliphatic rings. The van der Waals surface area contributed by atoms with E-state index in [1.165, 1.54) is 12.4 Å². The van der Waals surface area contributed by atoms with Crippen LogP contribution in [0.4, 0.5) is 0 Å². The van der Waals surface area contributed by atoms with E-state index in [0.717, 1.165) is 5.52 Å². The average Bonchev–Trinajstić information content (AvgIpc) is 2.48. The predicted octanol–water partition coefficient (Wildman–Crippen LogP) is 2.02. The number of carboxylic acids is 1. The lowest BCUT2D eigenvalue weighted by Crippen LogP contribution is -1.97. The van der Waals surface area contributed by atoms with E-state index >= 15 is 0 Å². The number of carbonyl (C=O) groups is 1. The Morgan fingerprint density at radius 3 is 3.00 bits per heavy atom. The molecule has 66 valence electrons. The van der Waals surface area contributed by atoms with Crippen molar-refractivity contribution in [3.63, 3.8) is 0 Å². The van der Waals surface area contributed by atoms with Gasteiger partial charge in [-0.3, -0.25) is 0 Å². The summed E-state index contributed by atoms with van der Waals surface area (Å²) in [6.45, 7) is 0. The third kappa shape index (κ3) is 1.31. The molecule has 0 amide bonds. The lowest BCUT2D eigenvalue weighted by molar-refractivity contribution is 0.0696. The normalized spacial score (nSPS) is 10.5. The Morgan fingerprint density at radius 2 is 2.31 bits per heavy atom. The molecule has 0 aliphatic heterocycles. The molecular weight excluding hydrogens is 236 g/mol. The minimum absolute atomic E-state index is 0.222. The number of fused-ring (bicyclic) bond motifs is 1. The molecule has 0 spiro atoms. The van der Waals surface area contributed by atoms with Crippen molar-refractivity contribution in [2.24, 2.45) is 0 Å². The van der Waals surface area contributed by atoms with Crippen LogP contribution in [0.3, 0.4) is 0 Å². The number of aromatic carboxylic acids is 1. The maximum atomic E-state index is 10.7. The molecule has 2 rings (SSSR count). The average molecular weight is 241 g/mol. The maximum absolute atomic E-state index is 10.7. The zero-order valence-electron chi connectivity index (χ0n) is 6.41. The molecule has 5 heteroatoms. The van der Waals surface area contributed by atoms with E-state index in [9.17, 15) is 4.79 Å². The first-order chi connectivity index (χ1) is 6.18. The Hall–Kier alpha value is -1.36. The minimum Gasteiger partial charge on any atom is -0.478 e. The van der Waals surface area contributed by atoms with E-state index in [-0.39, 0.29) is 5.56 Å². The summed E-state index contributed by atoms with van der Waals surface area (Å²) in [7, 11) is 0. The number of H-pyrrole nitrogens is 1. The molecular formula is C8H5BrN2O2. The summed E-state index contributed by atoms with van der Waals surface area (Å²) in [6, 6.07) is 3.23. The van der Waals surface area contributed by atoms with Gasteiger partial charge in [-0.1, -0.05) is 0 Å². The second-order valence-electron chi connectivity index (χ2n) is 2.56. The van der Waals surface area contributed by atoms with E-state index in [1.807, 2.05) is 0 Å². The quantitative estimate of drug-likeness (QED) is 0.802. The monoisotopic (exact) mass is 240 g/mol. The number of aromatic nitrogens is 2. The number of hydrogen-bond acceptors (Lipinski definition) is 2. The summed E-state index contributed by atoms with van der Waals surface area (Å²) < 4.78 is 0.553. The molecule has 1 heterocycles. The number of rotatable bonds is 1. The first-order valence-electron chi connectivity index (χ1n) is 3.54. The number of carboxylic acid groups (broad SMARTS) is 1. The van der Waals surface area contributed by atoms with Crippen LogP contribution >= 0.6 is 15.9 Å². The Labute approximate surface area is 81.7 Å². The van der Waals surface area contributed by atoms with Gasteiger partial charge in [0, 0.05) is 4.47 Å². The van der Waals surface area contributed by atoms with Gasteiger partial charge < -0.3 is 10.1 Å². The minimum atomic E-state index is -0.961. The molecule has 0 saturated heterocycles. The number of benzene rings is 1. The standard InChI is InChI=1S/C8H5BrN2O2/c9-5-2-7-6(10-3-11-7)1-4(5)8(12)13/h1-3H,(H,10,11)(H,12,13). The molecule has 0 atom stereocenters. The highest BCUT2D eigenvalue weighted by molar-refractivity contribution is 9.10. The van der Waals surface area contributed by atoms with Crippen LogP contribution < -0.4 is 0 Å². The molecule has 4 nitrogen and oxygen atoms in total. The molecule has 1 aromatic heterocycles. The topological polar surface area (TPSA) is 66.0 Å². The highest BCUT2D eigenvalue weighted by atomic mass is 79.9. The number of aromatic amines is 1. The highest BCUT2D eigenvalue weighted by Crippen LogP contribution is 2.22. The van der Waals surface area contributed by atoms with E-state index in [1.54, 1.807) is 6.07 Å². The van der Waals surface area contributed by atoms with Crippen molar-refractivity contribution >= 4 is 32.9 Å². The van der Waals surface area contributed by atoms with Crippen LogP contribution in [0.25, 0.3) is 11.0 Å². The molecule has 0 fully saturated rings. The summed E-state index contributed by atoms with van der Waals surface area (Å²) in [5.41, 5.74) is 1.69. The van der Waals surface area contributed by atoms with Crippen LogP contribution in [-0.2, 0) is 0 Å². The largest absolute Gasteiger partial charge is 0.478 e. The Balaban J connectivity index is 2.76. The van der Waals surface area contributed by atoms with Gasteiger partial charge >= 0.3 is 5.97 Å². The molecule has 1 aromatic carbocycles. The zero-order chi connectivity index (χ0) is 9.42. The van der Waals surface area contributed by atoms with Gasteiger partial charge in [-0.2, -0.15) is 0 Å². The van der Waals surface area contributed by atoms with Gasteiger partial charge in [0.1, 0.15) is 0 Å². The number of halogens is 1. The fourth-order valence-corrected chi connectivity index (χ4v) is 1.63. The molecule has 0 bridgehead atoms. The van der Waals surface area contributed by atoms with Crippen molar-refractivity contribution in [1.82, 2.24) is 9.97 Å². The number of nitrogens with zero attached hydrogens (tertiary/aromatic N) is 1. The van der Waals surface area contributed by atoms with Crippen molar-refractivity contribution in [3.8, 4) is 0 Å². The molecule has 13 heavy (non-hydrogen) atoms. The Morgan fingerprint density at radius 1 is 1.54 bits per heavy atom. The predicted molar refractivity (Wildman–Crippen MR) is 50.8 cm³/mol. The third-order valence-corrected chi connectivity index (χ3v) is 2.40. The van der Waals surface area contributed by atoms with Gasteiger partial charge in [-0.15, -0.1) is 0 Å². The Bertz CT molecular complexity index is 478. The van der Waals surface area contributed by atoms with Gasteiger partial charge in [-0.05, 0) is 28.1 Å². The van der Waals surface area contributed by atoms with Crippen LogP contribution in [0.2, 0.25) is 0 Å². The third-order valence-electron chi connectivity index (χ3n) is 1.74. The van der Waals surface area contributed by atoms with Gasteiger partial charge in [0.05, 0.1) is 22.9 Å². The van der Waals surface area contributed by atoms with E-state index < -0.39 is 5.97 Å². The molecule has 0 saturated carbocycles. The number of imidazole rings is 1. The fourth-order valence-electron chi connectivity index (χ4n) is 1.12. The van der Waals surface area contributed by atoms with Crippen molar-refractivity contribution in [2.75, 3.05) is 0 Å². The molecule has 0 radical (unpaired) electrons. The summed E-state index contributed by atoms with van der Waals surface area (Å²) in [5.74, 6) is -0.961. The van der Waals surface area contributed by atoms with Crippen molar-refractivity contribution in [1.29, 1.82) is 0 Å². The summed E-state index contributed by atoms with van der Waals surface area (Å²) in [6.07, 6.45) is 1.53. The second-order valence-corrected chi connectivity index (χ2v) is 3.41. The summed E-state index contributed by atoms with van der Waals surface area (Å²) >= 11 is 3.17. The first kappa shape index (κ1) is 8.25. The van der Waals surface area contributed by atoms with Crippen LogP contribution in [0.15, 0.2) is 22.9 Å². The number of nitrogens with one attached hydrogen (secondary N) is 1. The van der Waals surface area contributed by atoms with E-state index in [0.29, 0.717) is 9.99 Å². The van der Waals surface area contributed by atoms with E-state index in [2.05, 4.69) is 25.9 Å². The fraction of sp³-hybridized carbons (Fsp3) is 0. The summed E-state index contributed by atoms with van der Waals surface area (Å²) in [4.78, 5) is 17.6. The lowest BCUT2D eigenvalue weighted by atomic mass is 10.2. The van der Waals surface area contributed by atoms with Gasteiger partial charge in [0.25, 0.3) is 0 Å². The molecule has 0 unspecified atom stereocenters. The SMILES string of the molecule is O=C(O)c1cc2nc[nH]c2cc1Br. The molecule has 0 aliphatic carbocycles. The van der Waals surface area contributed by atoms with Crippen LogP contribution in [0.5, 0.6) is 0 Å². The molecule has 2 N–H and O–H groups in total. The van der Waals surface area contributed by atoms with Crippen LogP contribution in [-0.4, -0.2) is 21.0 Å². The number of hydrogen-bond donors (Lipinski definition) is 2. The Kier molecular flexibility index (Phi) is 1.81. The summed E-state index contributed by atoms with van der Waals surface area (Å²) in [5, 5.41) is 8.79. The van der Waals surface area contributed by atoms with Gasteiger partial charge in [0.15, 0.2) is 0 Å². The molecule has 2 aromatic rings. The van der Waals surface area contributed by atoms with Crippen LogP contribution in [0, 0.1) is 0 Å². The maximum Gasteiger partial charge on any atom is 0.336 e.